The van der Waals surface area contributed by atoms with Crippen molar-refractivity contribution in [2.45, 2.75) is 38.3 Å². The minimum atomic E-state index is -3.48. The molecule has 5 nitrogen and oxygen atoms in total. The lowest BCUT2D eigenvalue weighted by atomic mass is 10.4. The topological polar surface area (TPSA) is 55.2 Å². The summed E-state index contributed by atoms with van der Waals surface area (Å²) in [6, 6.07) is 0.0222. The summed E-state index contributed by atoms with van der Waals surface area (Å²) in [6.07, 6.45) is 0. The zero-order chi connectivity index (χ0) is 14.9. The number of halogens is 1. The van der Waals surface area contributed by atoms with Gasteiger partial charge in [-0.2, -0.15) is 21.2 Å². The largest absolute Gasteiger partial charge is 0.267 e. The van der Waals surface area contributed by atoms with Crippen molar-refractivity contribution in [1.82, 2.24) is 14.1 Å². The summed E-state index contributed by atoms with van der Waals surface area (Å²) in [5.74, 6) is 2.10. The van der Waals surface area contributed by atoms with E-state index in [4.69, 9.17) is 11.6 Å². The van der Waals surface area contributed by atoms with Crippen LogP contribution in [0, 0.1) is 13.8 Å². The van der Waals surface area contributed by atoms with E-state index in [1.54, 1.807) is 34.6 Å². The Hall–Kier alpha value is -0.240. The molecule has 20 heavy (non-hydrogen) atoms. The van der Waals surface area contributed by atoms with Crippen LogP contribution in [0.15, 0.2) is 4.90 Å². The molecule has 0 spiro atoms. The third-order valence-electron chi connectivity index (χ3n) is 3.48. The van der Waals surface area contributed by atoms with Crippen LogP contribution in [0.1, 0.15) is 18.3 Å². The van der Waals surface area contributed by atoms with Crippen LogP contribution in [0.3, 0.4) is 0 Å². The first-order chi connectivity index (χ1) is 9.39. The number of thioether (sulfide) groups is 1. The molecule has 1 aromatic heterocycles. The van der Waals surface area contributed by atoms with Crippen molar-refractivity contribution in [2.75, 3.05) is 23.9 Å². The van der Waals surface area contributed by atoms with Gasteiger partial charge in [-0.15, -0.1) is 11.6 Å². The van der Waals surface area contributed by atoms with Gasteiger partial charge in [-0.25, -0.2) is 8.42 Å². The summed E-state index contributed by atoms with van der Waals surface area (Å²) < 4.78 is 29.1. The van der Waals surface area contributed by atoms with Crippen LogP contribution in [-0.2, 0) is 16.6 Å². The van der Waals surface area contributed by atoms with Crippen molar-refractivity contribution in [3.8, 4) is 0 Å². The Kier molecular flexibility index (Phi) is 5.05. The molecule has 1 unspecified atom stereocenters. The lowest BCUT2D eigenvalue weighted by molar-refractivity contribution is 0.367. The number of aromatic nitrogens is 2. The molecule has 0 aliphatic carbocycles. The smallest absolute Gasteiger partial charge is 0.247 e. The van der Waals surface area contributed by atoms with Crippen molar-refractivity contribution in [3.63, 3.8) is 0 Å². The average Bonchev–Trinajstić information content (AvgIpc) is 2.65. The second-order valence-corrected chi connectivity index (χ2v) is 8.31. The van der Waals surface area contributed by atoms with Crippen LogP contribution in [0.5, 0.6) is 0 Å². The van der Waals surface area contributed by atoms with E-state index in [-0.39, 0.29) is 6.04 Å². The molecular formula is C12H20ClN3O2S2. The number of hydrogen-bond acceptors (Lipinski definition) is 4. The summed E-state index contributed by atoms with van der Waals surface area (Å²) >= 11 is 7.53. The monoisotopic (exact) mass is 337 g/mol. The maximum Gasteiger partial charge on any atom is 0.247 e. The standard InChI is InChI=1S/C12H20ClN3O2S2/c1-9-8-19-7-6-16(9)20(17,18)12-10(2)14-15(5-4-13)11(12)3/h9H,4-8H2,1-3H3. The first kappa shape index (κ1) is 16.1. The first-order valence-corrected chi connectivity index (χ1v) is 9.72. The molecule has 0 radical (unpaired) electrons. The SMILES string of the molecule is Cc1nn(CCCl)c(C)c1S(=O)(=O)N1CCSCC1C. The van der Waals surface area contributed by atoms with Crippen molar-refractivity contribution in [2.24, 2.45) is 0 Å². The average molecular weight is 338 g/mol. The molecule has 2 heterocycles. The summed E-state index contributed by atoms with van der Waals surface area (Å²) in [5, 5.41) is 4.31. The van der Waals surface area contributed by atoms with Crippen LogP contribution in [0.25, 0.3) is 0 Å². The molecule has 0 amide bonds. The molecule has 1 aromatic rings. The van der Waals surface area contributed by atoms with Gasteiger partial charge in [0, 0.05) is 30.0 Å². The summed E-state index contributed by atoms with van der Waals surface area (Å²) in [5.41, 5.74) is 1.23. The summed E-state index contributed by atoms with van der Waals surface area (Å²) in [4.78, 5) is 0.348. The van der Waals surface area contributed by atoms with Crippen LogP contribution < -0.4 is 0 Å². The molecule has 0 N–H and O–H groups in total. The van der Waals surface area contributed by atoms with Gasteiger partial charge in [0.1, 0.15) is 4.90 Å². The highest BCUT2D eigenvalue weighted by Gasteiger charge is 2.35. The molecular weight excluding hydrogens is 318 g/mol. The van der Waals surface area contributed by atoms with Crippen LogP contribution in [0.4, 0.5) is 0 Å². The number of rotatable bonds is 4. The fourth-order valence-corrected chi connectivity index (χ4v) is 5.93. The Labute approximate surface area is 129 Å². The zero-order valence-corrected chi connectivity index (χ0v) is 14.4. The van der Waals surface area contributed by atoms with Gasteiger partial charge in [0.2, 0.25) is 10.0 Å². The lowest BCUT2D eigenvalue weighted by Gasteiger charge is -2.32. The van der Waals surface area contributed by atoms with Gasteiger partial charge in [-0.3, -0.25) is 4.68 Å². The Balaban J connectivity index is 2.43. The number of aryl methyl sites for hydroxylation is 2. The Morgan fingerprint density at radius 1 is 1.45 bits per heavy atom. The fraction of sp³-hybridized carbons (Fsp3) is 0.750. The van der Waals surface area contributed by atoms with Gasteiger partial charge in [0.05, 0.1) is 17.9 Å². The highest BCUT2D eigenvalue weighted by atomic mass is 35.5. The Bertz CT molecular complexity index is 586. The first-order valence-electron chi connectivity index (χ1n) is 6.59. The molecule has 0 bridgehead atoms. The Morgan fingerprint density at radius 3 is 2.75 bits per heavy atom. The highest BCUT2D eigenvalue weighted by molar-refractivity contribution is 7.99. The normalized spacial score (nSPS) is 21.3. The van der Waals surface area contributed by atoms with Gasteiger partial charge in [0.25, 0.3) is 0 Å². The predicted octanol–water partition coefficient (Wildman–Crippen LogP) is 1.86. The molecule has 0 aromatic carbocycles. The minimum Gasteiger partial charge on any atom is -0.267 e. The molecule has 1 fully saturated rings. The molecule has 8 heteroatoms. The van der Waals surface area contributed by atoms with Gasteiger partial charge < -0.3 is 0 Å². The number of sulfonamides is 1. The molecule has 0 saturated carbocycles. The number of nitrogens with zero attached hydrogens (tertiary/aromatic N) is 3. The van der Waals surface area contributed by atoms with E-state index >= 15 is 0 Å². The van der Waals surface area contributed by atoms with Gasteiger partial charge in [-0.05, 0) is 20.8 Å². The van der Waals surface area contributed by atoms with Crippen LogP contribution >= 0.6 is 23.4 Å². The van der Waals surface area contributed by atoms with Gasteiger partial charge in [0.15, 0.2) is 0 Å². The molecule has 1 aliphatic rings. The van der Waals surface area contributed by atoms with E-state index in [1.807, 2.05) is 6.92 Å². The molecule has 2 rings (SSSR count). The van der Waals surface area contributed by atoms with Gasteiger partial charge >= 0.3 is 0 Å². The highest BCUT2D eigenvalue weighted by Crippen LogP contribution is 2.28. The van der Waals surface area contributed by atoms with Crippen molar-refractivity contribution >= 4 is 33.4 Å². The minimum absolute atomic E-state index is 0.0222. The molecule has 1 saturated heterocycles. The van der Waals surface area contributed by atoms with E-state index in [9.17, 15) is 8.42 Å². The van der Waals surface area contributed by atoms with Crippen molar-refractivity contribution < 1.29 is 8.42 Å². The van der Waals surface area contributed by atoms with E-state index in [2.05, 4.69) is 5.10 Å². The zero-order valence-electron chi connectivity index (χ0n) is 12.0. The summed E-state index contributed by atoms with van der Waals surface area (Å²) in [6.45, 7) is 6.58. The molecule has 114 valence electrons. The van der Waals surface area contributed by atoms with E-state index < -0.39 is 10.0 Å². The van der Waals surface area contributed by atoms with E-state index in [0.717, 1.165) is 11.5 Å². The fourth-order valence-electron chi connectivity index (χ4n) is 2.54. The number of alkyl halides is 1. The molecule has 1 atom stereocenters. The van der Waals surface area contributed by atoms with Gasteiger partial charge in [-0.1, -0.05) is 0 Å². The van der Waals surface area contributed by atoms with Crippen LogP contribution in [0.2, 0.25) is 0 Å². The van der Waals surface area contributed by atoms with Crippen molar-refractivity contribution in [3.05, 3.63) is 11.4 Å². The second-order valence-electron chi connectivity index (χ2n) is 4.95. The van der Waals surface area contributed by atoms with E-state index in [1.165, 1.54) is 0 Å². The third kappa shape index (κ3) is 2.86. The van der Waals surface area contributed by atoms with Crippen molar-refractivity contribution in [1.29, 1.82) is 0 Å². The third-order valence-corrected chi connectivity index (χ3v) is 7.11. The predicted molar refractivity (Wildman–Crippen MR) is 83.1 cm³/mol. The lowest BCUT2D eigenvalue weighted by Crippen LogP contribution is -2.44. The Morgan fingerprint density at radius 2 is 2.15 bits per heavy atom. The number of hydrogen-bond donors (Lipinski definition) is 0. The maximum atomic E-state index is 12.9. The van der Waals surface area contributed by atoms with Crippen LogP contribution in [-0.4, -0.2) is 52.5 Å². The maximum absolute atomic E-state index is 12.9. The summed E-state index contributed by atoms with van der Waals surface area (Å²) in [7, 11) is -3.48. The molecule has 1 aliphatic heterocycles. The van der Waals surface area contributed by atoms with E-state index in [0.29, 0.717) is 35.3 Å². The quantitative estimate of drug-likeness (QED) is 0.787. The second kappa shape index (κ2) is 6.25.